The van der Waals surface area contributed by atoms with E-state index < -0.39 is 0 Å². The zero-order chi connectivity index (χ0) is 10.8. The van der Waals surface area contributed by atoms with Crippen LogP contribution in [-0.4, -0.2) is 19.6 Å². The molecule has 3 nitrogen and oxygen atoms in total. The molecule has 0 aliphatic heterocycles. The van der Waals surface area contributed by atoms with Gasteiger partial charge in [-0.05, 0) is 12.3 Å². The van der Waals surface area contributed by atoms with Crippen molar-refractivity contribution < 1.29 is 9.53 Å². The van der Waals surface area contributed by atoms with Gasteiger partial charge in [-0.1, -0.05) is 26.7 Å². The van der Waals surface area contributed by atoms with Gasteiger partial charge in [0.2, 0.25) is 0 Å². The number of unbranched alkanes of at least 4 members (excludes halogenated alkanes) is 1. The van der Waals surface area contributed by atoms with Gasteiger partial charge in [-0.2, -0.15) is 0 Å². The molecule has 0 atom stereocenters. The second kappa shape index (κ2) is 8.60. The first-order valence-corrected chi connectivity index (χ1v) is 5.14. The number of nitrogens with one attached hydrogen (secondary N) is 1. The molecule has 82 valence electrons. The molecule has 0 rings (SSSR count). The third kappa shape index (κ3) is 9.10. The van der Waals surface area contributed by atoms with Crippen molar-refractivity contribution in [3.8, 4) is 0 Å². The molecule has 0 spiro atoms. The fourth-order valence-electron chi connectivity index (χ4n) is 1.06. The first-order chi connectivity index (χ1) is 6.66. The summed E-state index contributed by atoms with van der Waals surface area (Å²) in [6, 6.07) is 0. The molecule has 0 heterocycles. The lowest BCUT2D eigenvalue weighted by Gasteiger charge is -2.03. The van der Waals surface area contributed by atoms with Gasteiger partial charge in [0, 0.05) is 18.8 Å². The molecule has 14 heavy (non-hydrogen) atoms. The Labute approximate surface area is 86.5 Å². The minimum Gasteiger partial charge on any atom is -0.466 e. The first kappa shape index (κ1) is 13.0. The fourth-order valence-corrected chi connectivity index (χ4v) is 1.06. The minimum atomic E-state index is -0.320. The predicted octanol–water partition coefficient (Wildman–Crippen LogP) is 2.09. The largest absolute Gasteiger partial charge is 0.466 e. The number of ether oxygens (including phenoxy) is 1. The van der Waals surface area contributed by atoms with Crippen LogP contribution in [-0.2, 0) is 9.53 Å². The lowest BCUT2D eigenvalue weighted by molar-refractivity contribution is -0.134. The molecule has 1 N–H and O–H groups in total. The molecule has 0 bridgehead atoms. The number of esters is 1. The van der Waals surface area contributed by atoms with E-state index in [1.165, 1.54) is 26.0 Å². The van der Waals surface area contributed by atoms with Crippen LogP contribution in [0.4, 0.5) is 0 Å². The van der Waals surface area contributed by atoms with E-state index in [0.29, 0.717) is 0 Å². The zero-order valence-corrected chi connectivity index (χ0v) is 9.38. The van der Waals surface area contributed by atoms with Gasteiger partial charge in [0.25, 0.3) is 0 Å². The van der Waals surface area contributed by atoms with Crippen LogP contribution in [0.1, 0.15) is 33.1 Å². The predicted molar refractivity (Wildman–Crippen MR) is 57.8 cm³/mol. The van der Waals surface area contributed by atoms with Gasteiger partial charge in [-0.3, -0.25) is 0 Å². The van der Waals surface area contributed by atoms with Gasteiger partial charge in [0.1, 0.15) is 0 Å². The van der Waals surface area contributed by atoms with Gasteiger partial charge in [-0.15, -0.1) is 0 Å². The molecule has 0 amide bonds. The summed E-state index contributed by atoms with van der Waals surface area (Å²) >= 11 is 0. The lowest BCUT2D eigenvalue weighted by Crippen LogP contribution is -2.08. The van der Waals surface area contributed by atoms with E-state index in [2.05, 4.69) is 23.9 Å². The van der Waals surface area contributed by atoms with Crippen LogP contribution in [0.5, 0.6) is 0 Å². The SMILES string of the molecule is COC(=O)/C=C/NCCCCC(C)C. The maximum Gasteiger partial charge on any atom is 0.331 e. The summed E-state index contributed by atoms with van der Waals surface area (Å²) in [7, 11) is 1.37. The van der Waals surface area contributed by atoms with Crippen molar-refractivity contribution in [2.75, 3.05) is 13.7 Å². The van der Waals surface area contributed by atoms with Gasteiger partial charge in [-0.25, -0.2) is 4.79 Å². The Kier molecular flexibility index (Phi) is 7.99. The highest BCUT2D eigenvalue weighted by molar-refractivity contribution is 5.81. The van der Waals surface area contributed by atoms with E-state index in [0.717, 1.165) is 18.9 Å². The number of carbonyl (C=O) groups excluding carboxylic acids is 1. The summed E-state index contributed by atoms with van der Waals surface area (Å²) in [5.41, 5.74) is 0. The normalized spacial score (nSPS) is 10.9. The topological polar surface area (TPSA) is 38.3 Å². The number of hydrogen-bond donors (Lipinski definition) is 1. The molecular formula is C11H21NO2. The number of carbonyl (C=O) groups is 1. The van der Waals surface area contributed by atoms with Gasteiger partial charge >= 0.3 is 5.97 Å². The monoisotopic (exact) mass is 199 g/mol. The lowest BCUT2D eigenvalue weighted by atomic mass is 10.1. The van der Waals surface area contributed by atoms with Crippen molar-refractivity contribution in [3.63, 3.8) is 0 Å². The van der Waals surface area contributed by atoms with Crippen LogP contribution in [0.3, 0.4) is 0 Å². The van der Waals surface area contributed by atoms with Crippen molar-refractivity contribution in [2.45, 2.75) is 33.1 Å². The van der Waals surface area contributed by atoms with Gasteiger partial charge in [0.15, 0.2) is 0 Å². The van der Waals surface area contributed by atoms with Crippen molar-refractivity contribution in [1.82, 2.24) is 5.32 Å². The van der Waals surface area contributed by atoms with Crippen LogP contribution in [0.15, 0.2) is 12.3 Å². The molecule has 0 saturated heterocycles. The van der Waals surface area contributed by atoms with Gasteiger partial charge < -0.3 is 10.1 Å². The highest BCUT2D eigenvalue weighted by Gasteiger charge is 1.93. The molecule has 0 unspecified atom stereocenters. The molecule has 0 aromatic heterocycles. The minimum absolute atomic E-state index is 0.320. The maximum atomic E-state index is 10.6. The molecule has 0 saturated carbocycles. The Hall–Kier alpha value is -0.990. The molecule has 0 aliphatic rings. The van der Waals surface area contributed by atoms with E-state index in [9.17, 15) is 4.79 Å². The van der Waals surface area contributed by atoms with E-state index in [-0.39, 0.29) is 5.97 Å². The van der Waals surface area contributed by atoms with Crippen molar-refractivity contribution in [2.24, 2.45) is 5.92 Å². The molecule has 0 aliphatic carbocycles. The van der Waals surface area contributed by atoms with Crippen LogP contribution in [0, 0.1) is 5.92 Å². The molecule has 0 aromatic carbocycles. The molecule has 0 aromatic rings. The van der Waals surface area contributed by atoms with Crippen LogP contribution < -0.4 is 5.32 Å². The molecular weight excluding hydrogens is 178 g/mol. The summed E-state index contributed by atoms with van der Waals surface area (Å²) in [5.74, 6) is 0.459. The first-order valence-electron chi connectivity index (χ1n) is 5.14. The van der Waals surface area contributed by atoms with Crippen molar-refractivity contribution >= 4 is 5.97 Å². The number of methoxy groups -OCH3 is 1. The van der Waals surface area contributed by atoms with Gasteiger partial charge in [0.05, 0.1) is 7.11 Å². The smallest absolute Gasteiger partial charge is 0.331 e. The quantitative estimate of drug-likeness (QED) is 0.387. The van der Waals surface area contributed by atoms with Crippen molar-refractivity contribution in [1.29, 1.82) is 0 Å². The van der Waals surface area contributed by atoms with Crippen molar-refractivity contribution in [3.05, 3.63) is 12.3 Å². The summed E-state index contributed by atoms with van der Waals surface area (Å²) in [6.07, 6.45) is 6.67. The van der Waals surface area contributed by atoms with E-state index >= 15 is 0 Å². The average molecular weight is 199 g/mol. The Morgan fingerprint density at radius 2 is 2.14 bits per heavy atom. The summed E-state index contributed by atoms with van der Waals surface area (Å²) in [6.45, 7) is 5.37. The molecule has 0 radical (unpaired) electrons. The second-order valence-corrected chi connectivity index (χ2v) is 3.70. The molecule has 0 fully saturated rings. The molecule has 3 heteroatoms. The van der Waals surface area contributed by atoms with E-state index in [4.69, 9.17) is 0 Å². The van der Waals surface area contributed by atoms with E-state index in [1.54, 1.807) is 6.20 Å². The highest BCUT2D eigenvalue weighted by atomic mass is 16.5. The summed E-state index contributed by atoms with van der Waals surface area (Å²) in [4.78, 5) is 10.6. The van der Waals surface area contributed by atoms with Crippen LogP contribution >= 0.6 is 0 Å². The summed E-state index contributed by atoms with van der Waals surface area (Å²) in [5, 5.41) is 3.04. The average Bonchev–Trinajstić information content (AvgIpc) is 2.15. The number of rotatable bonds is 7. The Balaban J connectivity index is 3.21. The Bertz CT molecular complexity index is 176. The van der Waals surface area contributed by atoms with Crippen LogP contribution in [0.25, 0.3) is 0 Å². The Morgan fingerprint density at radius 3 is 2.71 bits per heavy atom. The highest BCUT2D eigenvalue weighted by Crippen LogP contribution is 2.04. The van der Waals surface area contributed by atoms with E-state index in [1.807, 2.05) is 0 Å². The zero-order valence-electron chi connectivity index (χ0n) is 9.38. The standard InChI is InChI=1S/C11H21NO2/c1-10(2)6-4-5-8-12-9-7-11(13)14-3/h7,9-10,12H,4-6,8H2,1-3H3/b9-7+. The summed E-state index contributed by atoms with van der Waals surface area (Å²) < 4.78 is 4.44. The number of hydrogen-bond acceptors (Lipinski definition) is 3. The van der Waals surface area contributed by atoms with Crippen LogP contribution in [0.2, 0.25) is 0 Å². The third-order valence-corrected chi connectivity index (χ3v) is 1.89. The third-order valence-electron chi connectivity index (χ3n) is 1.89. The Morgan fingerprint density at radius 1 is 1.43 bits per heavy atom. The second-order valence-electron chi connectivity index (χ2n) is 3.70. The fraction of sp³-hybridized carbons (Fsp3) is 0.727. The maximum absolute atomic E-state index is 10.6.